The van der Waals surface area contributed by atoms with Crippen LogP contribution in [0.5, 0.6) is 0 Å². The molecule has 5 rings (SSSR count). The number of carbonyl (C=O) groups excluding carboxylic acids is 1. The fourth-order valence-corrected chi connectivity index (χ4v) is 4.11. The summed E-state index contributed by atoms with van der Waals surface area (Å²) in [6, 6.07) is 24.6. The van der Waals surface area contributed by atoms with E-state index in [0.29, 0.717) is 12.4 Å². The van der Waals surface area contributed by atoms with Gasteiger partial charge in [-0.25, -0.2) is 0 Å². The molecule has 0 saturated carbocycles. The van der Waals surface area contributed by atoms with E-state index in [9.17, 15) is 4.79 Å². The van der Waals surface area contributed by atoms with Gasteiger partial charge < -0.3 is 10.6 Å². The van der Waals surface area contributed by atoms with E-state index in [-0.39, 0.29) is 11.8 Å². The number of rotatable bonds is 6. The van der Waals surface area contributed by atoms with E-state index in [2.05, 4.69) is 68.0 Å². The first-order valence-electron chi connectivity index (χ1n) is 11.1. The number of benzene rings is 3. The maximum atomic E-state index is 11.8. The maximum absolute atomic E-state index is 11.8. The molecule has 1 aliphatic heterocycles. The summed E-state index contributed by atoms with van der Waals surface area (Å²) in [6.45, 7) is 2.49. The van der Waals surface area contributed by atoms with Gasteiger partial charge in [-0.05, 0) is 46.0 Å². The highest BCUT2D eigenvalue weighted by Crippen LogP contribution is 2.32. The molecule has 0 saturated heterocycles. The maximum Gasteiger partial charge on any atom is 0.224 e. The van der Waals surface area contributed by atoms with Crippen molar-refractivity contribution in [2.24, 2.45) is 11.7 Å². The van der Waals surface area contributed by atoms with E-state index in [1.807, 2.05) is 55.6 Å². The van der Waals surface area contributed by atoms with E-state index in [1.54, 1.807) is 0 Å². The van der Waals surface area contributed by atoms with Gasteiger partial charge in [0.05, 0.1) is 5.92 Å². The van der Waals surface area contributed by atoms with Crippen LogP contribution in [0.4, 0.5) is 5.69 Å². The first kappa shape index (κ1) is 21.3. The quantitative estimate of drug-likeness (QED) is 0.450. The SMILES string of the molecule is CC(C(N)=O)C1=CN(Cc2ccc(-c3ccccc3-c3nn[nH]n3)cc2)c2ccccc2C=C1. The van der Waals surface area contributed by atoms with Gasteiger partial charge >= 0.3 is 0 Å². The second-order valence-electron chi connectivity index (χ2n) is 8.25. The lowest BCUT2D eigenvalue weighted by atomic mass is 9.98. The van der Waals surface area contributed by atoms with Crippen molar-refractivity contribution in [1.82, 2.24) is 20.6 Å². The number of H-pyrrole nitrogens is 1. The van der Waals surface area contributed by atoms with Crippen molar-refractivity contribution in [3.05, 3.63) is 102 Å². The Balaban J connectivity index is 1.46. The number of allylic oxidation sites excluding steroid dienone is 1. The molecule has 3 N–H and O–H groups in total. The molecule has 0 fully saturated rings. The minimum absolute atomic E-state index is 0.341. The van der Waals surface area contributed by atoms with Crippen molar-refractivity contribution < 1.29 is 4.79 Å². The van der Waals surface area contributed by atoms with Crippen molar-refractivity contribution in [1.29, 1.82) is 0 Å². The summed E-state index contributed by atoms with van der Waals surface area (Å²) in [4.78, 5) is 14.0. The van der Waals surface area contributed by atoms with Gasteiger partial charge in [0.2, 0.25) is 11.7 Å². The van der Waals surface area contributed by atoms with Gasteiger partial charge in [0.15, 0.2) is 0 Å². The third kappa shape index (κ3) is 4.23. The highest BCUT2D eigenvalue weighted by Gasteiger charge is 2.19. The predicted molar refractivity (Wildman–Crippen MR) is 133 cm³/mol. The van der Waals surface area contributed by atoms with Gasteiger partial charge in [-0.1, -0.05) is 78.9 Å². The molecule has 1 unspecified atom stereocenters. The smallest absolute Gasteiger partial charge is 0.224 e. The topological polar surface area (TPSA) is 101 Å². The number of anilines is 1. The first-order chi connectivity index (χ1) is 16.6. The molecule has 7 heteroatoms. The summed E-state index contributed by atoms with van der Waals surface area (Å²) in [5.74, 6) is -0.155. The number of fused-ring (bicyclic) bond motifs is 1. The van der Waals surface area contributed by atoms with Crippen LogP contribution in [0.2, 0.25) is 0 Å². The van der Waals surface area contributed by atoms with Gasteiger partial charge in [-0.2, -0.15) is 5.21 Å². The van der Waals surface area contributed by atoms with E-state index in [4.69, 9.17) is 5.73 Å². The molecule has 1 amide bonds. The summed E-state index contributed by atoms with van der Waals surface area (Å²) in [7, 11) is 0. The molecule has 168 valence electrons. The number of nitrogens with one attached hydrogen (secondary N) is 1. The molecule has 3 aromatic carbocycles. The molecular weight excluding hydrogens is 424 g/mol. The molecule has 0 radical (unpaired) electrons. The number of hydrogen-bond donors (Lipinski definition) is 2. The van der Waals surface area contributed by atoms with Crippen LogP contribution in [-0.4, -0.2) is 26.5 Å². The van der Waals surface area contributed by atoms with Gasteiger partial charge in [0, 0.05) is 24.0 Å². The fraction of sp³-hybridized carbons (Fsp3) is 0.111. The van der Waals surface area contributed by atoms with Crippen molar-refractivity contribution in [3.63, 3.8) is 0 Å². The molecule has 0 spiro atoms. The third-order valence-electron chi connectivity index (χ3n) is 6.06. The average Bonchev–Trinajstić information content (AvgIpc) is 3.35. The van der Waals surface area contributed by atoms with E-state index in [1.165, 1.54) is 0 Å². The Morgan fingerprint density at radius 3 is 2.44 bits per heavy atom. The molecule has 34 heavy (non-hydrogen) atoms. The Bertz CT molecular complexity index is 1370. The van der Waals surface area contributed by atoms with Gasteiger partial charge in [-0.15, -0.1) is 10.2 Å². The molecule has 2 heterocycles. The minimum Gasteiger partial charge on any atom is -0.369 e. The summed E-state index contributed by atoms with van der Waals surface area (Å²) < 4.78 is 0. The van der Waals surface area contributed by atoms with Gasteiger partial charge in [-0.3, -0.25) is 4.79 Å². The van der Waals surface area contributed by atoms with Crippen LogP contribution in [0.25, 0.3) is 28.6 Å². The number of primary amides is 1. The molecule has 1 atom stereocenters. The Hall–Kier alpha value is -4.52. The van der Waals surface area contributed by atoms with Crippen LogP contribution in [0.1, 0.15) is 18.1 Å². The standard InChI is InChI=1S/C27H24N6O/c1-18(26(28)34)22-15-14-21-6-2-5-9-25(21)33(17-22)16-19-10-12-20(13-11-19)23-7-3-4-8-24(23)27-29-31-32-30-27/h2-15,17-18H,16H2,1H3,(H2,28,34)(H,29,30,31,32). The lowest BCUT2D eigenvalue weighted by Gasteiger charge is -2.23. The first-order valence-corrected chi connectivity index (χ1v) is 11.1. The monoisotopic (exact) mass is 448 g/mol. The lowest BCUT2D eigenvalue weighted by molar-refractivity contribution is -0.120. The molecular formula is C27H24N6O. The number of aromatic nitrogens is 4. The van der Waals surface area contributed by atoms with Crippen LogP contribution in [0, 0.1) is 5.92 Å². The Morgan fingerprint density at radius 1 is 0.971 bits per heavy atom. The molecule has 4 aromatic rings. The second kappa shape index (κ2) is 9.15. The number of carbonyl (C=O) groups is 1. The molecule has 0 bridgehead atoms. The van der Waals surface area contributed by atoms with Crippen molar-refractivity contribution in [2.45, 2.75) is 13.5 Å². The molecule has 1 aromatic heterocycles. The van der Waals surface area contributed by atoms with Crippen LogP contribution < -0.4 is 10.6 Å². The summed E-state index contributed by atoms with van der Waals surface area (Å²) in [5.41, 5.74) is 12.8. The highest BCUT2D eigenvalue weighted by molar-refractivity contribution is 5.83. The second-order valence-corrected chi connectivity index (χ2v) is 8.25. The molecule has 1 aliphatic rings. The lowest BCUT2D eigenvalue weighted by Crippen LogP contribution is -2.24. The largest absolute Gasteiger partial charge is 0.369 e. The van der Waals surface area contributed by atoms with E-state index in [0.717, 1.165) is 39.1 Å². The van der Waals surface area contributed by atoms with Crippen molar-refractivity contribution in [2.75, 3.05) is 4.90 Å². The zero-order chi connectivity index (χ0) is 23.5. The van der Waals surface area contributed by atoms with Crippen molar-refractivity contribution >= 4 is 17.7 Å². The predicted octanol–water partition coefficient (Wildman–Crippen LogP) is 4.57. The molecule has 0 aliphatic carbocycles. The number of nitrogens with zero attached hydrogens (tertiary/aromatic N) is 4. The van der Waals surface area contributed by atoms with E-state index < -0.39 is 0 Å². The van der Waals surface area contributed by atoms with Crippen molar-refractivity contribution in [3.8, 4) is 22.5 Å². The Morgan fingerprint density at radius 2 is 1.71 bits per heavy atom. The van der Waals surface area contributed by atoms with Gasteiger partial charge in [0.1, 0.15) is 0 Å². The zero-order valence-corrected chi connectivity index (χ0v) is 18.7. The summed E-state index contributed by atoms with van der Waals surface area (Å²) in [6.07, 6.45) is 6.04. The van der Waals surface area contributed by atoms with Crippen LogP contribution >= 0.6 is 0 Å². The third-order valence-corrected chi connectivity index (χ3v) is 6.06. The van der Waals surface area contributed by atoms with Crippen LogP contribution in [0.3, 0.4) is 0 Å². The summed E-state index contributed by atoms with van der Waals surface area (Å²) in [5, 5.41) is 14.5. The number of hydrogen-bond acceptors (Lipinski definition) is 5. The Labute approximate surface area is 197 Å². The van der Waals surface area contributed by atoms with Crippen LogP contribution in [0.15, 0.2) is 90.6 Å². The zero-order valence-electron chi connectivity index (χ0n) is 18.7. The number of para-hydroxylation sites is 1. The normalized spacial score (nSPS) is 13.7. The number of tetrazole rings is 1. The fourth-order valence-electron chi connectivity index (χ4n) is 4.11. The van der Waals surface area contributed by atoms with E-state index >= 15 is 0 Å². The van der Waals surface area contributed by atoms with Gasteiger partial charge in [0.25, 0.3) is 0 Å². The minimum atomic E-state index is -0.378. The Kier molecular flexibility index (Phi) is 5.74. The highest BCUT2D eigenvalue weighted by atomic mass is 16.1. The molecule has 7 nitrogen and oxygen atoms in total. The number of nitrogens with two attached hydrogens (primary N) is 1. The summed E-state index contributed by atoms with van der Waals surface area (Å²) >= 11 is 0. The van der Waals surface area contributed by atoms with Crippen LogP contribution in [-0.2, 0) is 11.3 Å². The number of aromatic amines is 1. The average molecular weight is 449 g/mol. The number of amides is 1.